The molecule has 1 spiro atoms. The Kier molecular flexibility index (Phi) is 3.80. The lowest BCUT2D eigenvalue weighted by Gasteiger charge is -2.47. The van der Waals surface area contributed by atoms with Crippen LogP contribution >= 0.6 is 11.6 Å². The molecule has 3 nitrogen and oxygen atoms in total. The van der Waals surface area contributed by atoms with Gasteiger partial charge in [0.15, 0.2) is 5.78 Å². The molecule has 3 rings (SSSR count). The van der Waals surface area contributed by atoms with E-state index in [4.69, 9.17) is 16.3 Å². The Labute approximate surface area is 136 Å². The summed E-state index contributed by atoms with van der Waals surface area (Å²) in [5.74, 6) is -0.299. The molecule has 1 saturated carbocycles. The summed E-state index contributed by atoms with van der Waals surface area (Å²) in [5.41, 5.74) is -0.814. The van der Waals surface area contributed by atoms with E-state index in [9.17, 15) is 9.59 Å². The quantitative estimate of drug-likeness (QED) is 0.566. The normalized spacial score (nSPS) is 26.8. The van der Waals surface area contributed by atoms with Gasteiger partial charge in [0.2, 0.25) is 0 Å². The highest BCUT2D eigenvalue weighted by Crippen LogP contribution is 2.53. The van der Waals surface area contributed by atoms with Gasteiger partial charge in [-0.1, -0.05) is 43.0 Å². The molecule has 0 radical (unpaired) electrons. The molecular formula is C18H21ClO3. The minimum absolute atomic E-state index is 0.0379. The van der Waals surface area contributed by atoms with Gasteiger partial charge in [0, 0.05) is 5.02 Å². The molecule has 118 valence electrons. The minimum Gasteiger partial charge on any atom is -0.456 e. The molecule has 0 amide bonds. The average Bonchev–Trinajstić information content (AvgIpc) is 2.52. The maximum Gasteiger partial charge on any atom is 0.320 e. The third-order valence-corrected chi connectivity index (χ3v) is 5.42. The van der Waals surface area contributed by atoms with Crippen molar-refractivity contribution < 1.29 is 14.3 Å². The number of rotatable bonds is 1. The SMILES string of the molecule is CC1(C)C(=O)C2(CCCCC2)C(=O)O[C@@H]1c1ccc(Cl)cc1. The zero-order chi connectivity index (χ0) is 16.0. The third-order valence-electron chi connectivity index (χ3n) is 5.17. The van der Waals surface area contributed by atoms with Crippen LogP contribution in [0.1, 0.15) is 57.6 Å². The van der Waals surface area contributed by atoms with E-state index in [2.05, 4.69) is 0 Å². The first kappa shape index (κ1) is 15.5. The highest BCUT2D eigenvalue weighted by molar-refractivity contribution is 6.30. The minimum atomic E-state index is -0.912. The van der Waals surface area contributed by atoms with Gasteiger partial charge in [-0.2, -0.15) is 0 Å². The van der Waals surface area contributed by atoms with Gasteiger partial charge in [-0.05, 0) is 44.4 Å². The molecule has 1 aromatic carbocycles. The first-order valence-electron chi connectivity index (χ1n) is 7.89. The molecule has 2 fully saturated rings. The lowest BCUT2D eigenvalue weighted by Crippen LogP contribution is -2.55. The molecule has 0 bridgehead atoms. The molecule has 4 heteroatoms. The largest absolute Gasteiger partial charge is 0.456 e. The molecule has 1 aromatic rings. The monoisotopic (exact) mass is 320 g/mol. The van der Waals surface area contributed by atoms with Crippen molar-refractivity contribution in [3.05, 3.63) is 34.9 Å². The first-order chi connectivity index (χ1) is 10.4. The van der Waals surface area contributed by atoms with E-state index >= 15 is 0 Å². The molecule has 2 aliphatic rings. The van der Waals surface area contributed by atoms with Gasteiger partial charge in [-0.15, -0.1) is 0 Å². The van der Waals surface area contributed by atoms with E-state index < -0.39 is 16.9 Å². The number of halogens is 1. The van der Waals surface area contributed by atoms with Crippen molar-refractivity contribution in [2.24, 2.45) is 10.8 Å². The summed E-state index contributed by atoms with van der Waals surface area (Å²) < 4.78 is 5.79. The van der Waals surface area contributed by atoms with Crippen molar-refractivity contribution in [1.29, 1.82) is 0 Å². The van der Waals surface area contributed by atoms with Crippen LogP contribution in [0.25, 0.3) is 0 Å². The lowest BCUT2D eigenvalue weighted by molar-refractivity contribution is -0.192. The van der Waals surface area contributed by atoms with Gasteiger partial charge < -0.3 is 4.74 Å². The number of esters is 1. The Morgan fingerprint density at radius 3 is 2.23 bits per heavy atom. The van der Waals surface area contributed by atoms with Gasteiger partial charge >= 0.3 is 5.97 Å². The Balaban J connectivity index is 1.98. The zero-order valence-corrected chi connectivity index (χ0v) is 13.8. The van der Waals surface area contributed by atoms with E-state index in [1.54, 1.807) is 12.1 Å². The summed E-state index contributed by atoms with van der Waals surface area (Å²) in [4.78, 5) is 25.8. The predicted octanol–water partition coefficient (Wildman–Crippen LogP) is 4.48. The predicted molar refractivity (Wildman–Crippen MR) is 84.6 cm³/mol. The summed E-state index contributed by atoms with van der Waals surface area (Å²) in [6, 6.07) is 7.18. The summed E-state index contributed by atoms with van der Waals surface area (Å²) in [7, 11) is 0. The maximum absolute atomic E-state index is 13.2. The molecule has 0 unspecified atom stereocenters. The number of hydrogen-bond acceptors (Lipinski definition) is 3. The van der Waals surface area contributed by atoms with Crippen LogP contribution in [-0.4, -0.2) is 11.8 Å². The maximum atomic E-state index is 13.2. The zero-order valence-electron chi connectivity index (χ0n) is 13.0. The number of carbonyl (C=O) groups is 2. The van der Waals surface area contributed by atoms with Crippen molar-refractivity contribution in [1.82, 2.24) is 0 Å². The van der Waals surface area contributed by atoms with Crippen molar-refractivity contribution >= 4 is 23.4 Å². The highest BCUT2D eigenvalue weighted by Gasteiger charge is 2.60. The summed E-state index contributed by atoms with van der Waals surface area (Å²) in [5, 5.41) is 0.624. The Morgan fingerprint density at radius 2 is 1.64 bits per heavy atom. The standard InChI is InChI=1S/C18H21ClO3/c1-17(2)14(12-6-8-13(19)9-7-12)22-16(21)18(15(17)20)10-4-3-5-11-18/h6-9,14H,3-5,10-11H2,1-2H3/t14-/m1/s1. The fourth-order valence-corrected chi connectivity index (χ4v) is 4.03. The average molecular weight is 321 g/mol. The topological polar surface area (TPSA) is 43.4 Å². The van der Waals surface area contributed by atoms with Crippen molar-refractivity contribution in [3.63, 3.8) is 0 Å². The van der Waals surface area contributed by atoms with Crippen molar-refractivity contribution in [2.75, 3.05) is 0 Å². The Bertz CT molecular complexity index is 597. The second kappa shape index (κ2) is 5.38. The molecule has 1 saturated heterocycles. The fraction of sp³-hybridized carbons (Fsp3) is 0.556. The van der Waals surface area contributed by atoms with Crippen LogP contribution in [0.15, 0.2) is 24.3 Å². The second-order valence-corrected chi connectivity index (χ2v) is 7.47. The summed E-state index contributed by atoms with van der Waals surface area (Å²) in [6.45, 7) is 3.77. The lowest BCUT2D eigenvalue weighted by atomic mass is 9.60. The van der Waals surface area contributed by atoms with Crippen molar-refractivity contribution in [3.8, 4) is 0 Å². The first-order valence-corrected chi connectivity index (χ1v) is 8.27. The number of Topliss-reactive ketones (excluding diaryl/α,β-unsaturated/α-hetero) is 1. The smallest absolute Gasteiger partial charge is 0.320 e. The van der Waals surface area contributed by atoms with E-state index in [0.717, 1.165) is 24.8 Å². The molecule has 1 aliphatic carbocycles. The Morgan fingerprint density at radius 1 is 1.05 bits per heavy atom. The van der Waals surface area contributed by atoms with Gasteiger partial charge in [0.25, 0.3) is 0 Å². The van der Waals surface area contributed by atoms with E-state index in [1.807, 2.05) is 26.0 Å². The number of cyclic esters (lactones) is 1. The molecule has 0 aromatic heterocycles. The number of ketones is 1. The number of carbonyl (C=O) groups excluding carboxylic acids is 2. The highest BCUT2D eigenvalue weighted by atomic mass is 35.5. The molecular weight excluding hydrogens is 300 g/mol. The van der Waals surface area contributed by atoms with Gasteiger partial charge in [-0.3, -0.25) is 9.59 Å². The molecule has 1 atom stereocenters. The molecule has 22 heavy (non-hydrogen) atoms. The van der Waals surface area contributed by atoms with Crippen LogP contribution in [0.5, 0.6) is 0 Å². The Hall–Kier alpha value is -1.35. The molecule has 0 N–H and O–H groups in total. The van der Waals surface area contributed by atoms with E-state index in [1.165, 1.54) is 0 Å². The third kappa shape index (κ3) is 2.26. The van der Waals surface area contributed by atoms with Gasteiger partial charge in [-0.25, -0.2) is 0 Å². The molecule has 1 heterocycles. The van der Waals surface area contributed by atoms with Crippen LogP contribution in [0, 0.1) is 10.8 Å². The summed E-state index contributed by atoms with van der Waals surface area (Å²) >= 11 is 5.92. The van der Waals surface area contributed by atoms with Crippen LogP contribution in [-0.2, 0) is 14.3 Å². The van der Waals surface area contributed by atoms with Crippen LogP contribution in [0.4, 0.5) is 0 Å². The molecule has 1 aliphatic heterocycles. The fourth-order valence-electron chi connectivity index (χ4n) is 3.90. The number of hydrogen-bond donors (Lipinski definition) is 0. The van der Waals surface area contributed by atoms with Gasteiger partial charge in [0.1, 0.15) is 11.5 Å². The van der Waals surface area contributed by atoms with Gasteiger partial charge in [0.05, 0.1) is 5.41 Å². The van der Waals surface area contributed by atoms with Crippen molar-refractivity contribution in [2.45, 2.75) is 52.1 Å². The second-order valence-electron chi connectivity index (χ2n) is 7.03. The number of benzene rings is 1. The van der Waals surface area contributed by atoms with Crippen LogP contribution in [0.2, 0.25) is 5.02 Å². The summed E-state index contributed by atoms with van der Waals surface area (Å²) in [6.07, 6.45) is 3.63. The number of ether oxygens (including phenoxy) is 1. The van der Waals surface area contributed by atoms with E-state index in [0.29, 0.717) is 17.9 Å². The van der Waals surface area contributed by atoms with Crippen LogP contribution in [0.3, 0.4) is 0 Å². The van der Waals surface area contributed by atoms with E-state index in [-0.39, 0.29) is 11.8 Å². The van der Waals surface area contributed by atoms with Crippen LogP contribution < -0.4 is 0 Å².